The molecule has 0 radical (unpaired) electrons. The molecule has 0 spiro atoms. The molecule has 2 unspecified atom stereocenters. The number of hydrogen-bond donors (Lipinski definition) is 0. The van der Waals surface area contributed by atoms with Crippen LogP contribution in [0.2, 0.25) is 13.1 Å². The van der Waals surface area contributed by atoms with E-state index in [0.717, 1.165) is 25.7 Å². The van der Waals surface area contributed by atoms with Gasteiger partial charge >= 0.3 is 0 Å². The van der Waals surface area contributed by atoms with Crippen molar-refractivity contribution in [3.8, 4) is 0 Å². The Labute approximate surface area is 328 Å². The largest absolute Gasteiger partial charge is 0.310 e. The normalized spacial score (nSPS) is 18.0. The Morgan fingerprint density at radius 2 is 0.782 bits per heavy atom. The lowest BCUT2D eigenvalue weighted by molar-refractivity contribution is 0.909. The third-order valence-corrected chi connectivity index (χ3v) is 17.7. The van der Waals surface area contributed by atoms with Gasteiger partial charge in [0.05, 0.1) is 19.4 Å². The smallest absolute Gasteiger partial charge is 0.0722 e. The summed E-state index contributed by atoms with van der Waals surface area (Å²) in [5.74, 6) is 0. The first-order valence-corrected chi connectivity index (χ1v) is 23.6. The Hall–Kier alpha value is -5.38. The molecule has 0 saturated carbocycles. The van der Waals surface area contributed by atoms with E-state index in [1.54, 1.807) is 33.4 Å². The van der Waals surface area contributed by atoms with Crippen LogP contribution in [0, 0.1) is 0 Å². The van der Waals surface area contributed by atoms with E-state index in [4.69, 9.17) is 0 Å². The molecule has 3 heteroatoms. The van der Waals surface area contributed by atoms with Gasteiger partial charge in [0.2, 0.25) is 0 Å². The van der Waals surface area contributed by atoms with Gasteiger partial charge in [0.1, 0.15) is 0 Å². The summed E-state index contributed by atoms with van der Waals surface area (Å²) in [6, 6.07) is 49.6. The predicted octanol–water partition coefficient (Wildman–Crippen LogP) is 14.1. The van der Waals surface area contributed by atoms with E-state index in [1.807, 2.05) is 0 Å². The SMILES string of the molecule is CC1=Cc2c(cc3c(c2N(c2ccccc2)c2ccccc2)CCC3)C1[Si](C)(C)C1C(C)=Cc2c1cc1c(c2N(c2ccccc2)c2ccccc2)CCC1. The summed E-state index contributed by atoms with van der Waals surface area (Å²) >= 11 is 0. The van der Waals surface area contributed by atoms with Crippen LogP contribution >= 0.6 is 0 Å². The second-order valence-electron chi connectivity index (χ2n) is 16.9. The van der Waals surface area contributed by atoms with Crippen molar-refractivity contribution in [2.45, 2.75) is 76.5 Å². The van der Waals surface area contributed by atoms with Gasteiger partial charge in [-0.2, -0.15) is 0 Å². The molecule has 10 rings (SSSR count). The highest BCUT2D eigenvalue weighted by Gasteiger charge is 2.49. The molecular formula is C52H50N2Si. The fourth-order valence-corrected chi connectivity index (χ4v) is 16.1. The van der Waals surface area contributed by atoms with Crippen LogP contribution in [-0.2, 0) is 25.7 Å². The molecule has 55 heavy (non-hydrogen) atoms. The number of nitrogens with zero attached hydrogens (tertiary/aromatic N) is 2. The monoisotopic (exact) mass is 730 g/mol. The maximum absolute atomic E-state index is 2.71. The first-order chi connectivity index (χ1) is 26.9. The van der Waals surface area contributed by atoms with Crippen LogP contribution in [0.5, 0.6) is 0 Å². The first kappa shape index (κ1) is 34.1. The van der Waals surface area contributed by atoms with Crippen LogP contribution in [0.4, 0.5) is 34.1 Å². The number of para-hydroxylation sites is 4. The van der Waals surface area contributed by atoms with E-state index in [9.17, 15) is 0 Å². The average Bonchev–Trinajstić information content (AvgIpc) is 4.01. The molecule has 2 atom stereocenters. The highest BCUT2D eigenvalue weighted by atomic mass is 28.3. The summed E-state index contributed by atoms with van der Waals surface area (Å²) in [6.45, 7) is 10.3. The van der Waals surface area contributed by atoms with E-state index in [0.29, 0.717) is 11.1 Å². The van der Waals surface area contributed by atoms with Crippen molar-refractivity contribution in [3.63, 3.8) is 0 Å². The lowest BCUT2D eigenvalue weighted by atomic mass is 9.96. The standard InChI is InChI=1S/C52H50N2Si/c1-35-31-45-47(33-37-19-17-29-43(37)49(45)53(39-21-9-5-10-22-39)40-23-11-6-12-24-40)51(35)55(3,4)52-36(2)32-46-48(52)34-38-20-18-30-44(38)50(46)54(41-25-13-7-14-26-41)42-27-15-8-16-28-42/h5-16,21-28,31-34,51-52H,17-20,29-30H2,1-4H3. The quantitative estimate of drug-likeness (QED) is 0.144. The summed E-state index contributed by atoms with van der Waals surface area (Å²) in [7, 11) is -2.14. The minimum atomic E-state index is -2.14. The van der Waals surface area contributed by atoms with Gasteiger partial charge in [-0.25, -0.2) is 0 Å². The maximum atomic E-state index is 2.71. The van der Waals surface area contributed by atoms with Crippen LogP contribution < -0.4 is 9.80 Å². The van der Waals surface area contributed by atoms with Gasteiger partial charge in [0.15, 0.2) is 0 Å². The third kappa shape index (κ3) is 5.50. The Bertz CT molecular complexity index is 2230. The molecule has 2 nitrogen and oxygen atoms in total. The molecule has 0 N–H and O–H groups in total. The minimum Gasteiger partial charge on any atom is -0.310 e. The van der Waals surface area contributed by atoms with Gasteiger partial charge in [0.25, 0.3) is 0 Å². The van der Waals surface area contributed by atoms with Crippen molar-refractivity contribution in [2.24, 2.45) is 0 Å². The van der Waals surface area contributed by atoms with Crippen molar-refractivity contribution >= 4 is 54.4 Å². The summed E-state index contributed by atoms with van der Waals surface area (Å²) in [5.41, 5.74) is 23.9. The zero-order valence-electron chi connectivity index (χ0n) is 32.6. The molecule has 272 valence electrons. The Kier molecular flexibility index (Phi) is 8.33. The van der Waals surface area contributed by atoms with Crippen LogP contribution in [0.25, 0.3) is 12.2 Å². The zero-order valence-corrected chi connectivity index (χ0v) is 33.6. The predicted molar refractivity (Wildman–Crippen MR) is 237 cm³/mol. The van der Waals surface area contributed by atoms with E-state index in [-0.39, 0.29) is 0 Å². The topological polar surface area (TPSA) is 6.48 Å². The molecule has 0 bridgehead atoms. The Morgan fingerprint density at radius 1 is 0.455 bits per heavy atom. The molecule has 0 saturated heterocycles. The van der Waals surface area contributed by atoms with Crippen molar-refractivity contribution < 1.29 is 0 Å². The summed E-state index contributed by atoms with van der Waals surface area (Å²) in [4.78, 5) is 5.13. The second-order valence-corrected chi connectivity index (χ2v) is 21.7. The number of anilines is 6. The van der Waals surface area contributed by atoms with Crippen molar-refractivity contribution in [3.05, 3.63) is 189 Å². The molecule has 0 heterocycles. The highest BCUT2D eigenvalue weighted by molar-refractivity contribution is 6.81. The van der Waals surface area contributed by atoms with Crippen molar-refractivity contribution in [1.29, 1.82) is 0 Å². The lowest BCUT2D eigenvalue weighted by Crippen LogP contribution is -2.42. The molecule has 4 aliphatic carbocycles. The third-order valence-electron chi connectivity index (χ3n) is 13.2. The van der Waals surface area contributed by atoms with Crippen molar-refractivity contribution in [2.75, 3.05) is 9.80 Å². The fraction of sp³-hybridized carbons (Fsp3) is 0.231. The number of rotatable bonds is 8. The Balaban J connectivity index is 1.15. The number of hydrogen-bond acceptors (Lipinski definition) is 2. The lowest BCUT2D eigenvalue weighted by Gasteiger charge is -2.40. The van der Waals surface area contributed by atoms with E-state index >= 15 is 0 Å². The first-order valence-electron chi connectivity index (χ1n) is 20.4. The summed E-state index contributed by atoms with van der Waals surface area (Å²) < 4.78 is 0. The molecule has 0 fully saturated rings. The fourth-order valence-electron chi connectivity index (χ4n) is 11.2. The number of allylic oxidation sites excluding steroid dienone is 2. The molecule has 0 aliphatic heterocycles. The Morgan fingerprint density at radius 3 is 1.11 bits per heavy atom. The molecule has 6 aromatic rings. The highest BCUT2D eigenvalue weighted by Crippen LogP contribution is 2.58. The van der Waals surface area contributed by atoms with Gasteiger partial charge < -0.3 is 9.80 Å². The number of fused-ring (bicyclic) bond motifs is 4. The van der Waals surface area contributed by atoms with Crippen LogP contribution in [0.1, 0.15) is 82.3 Å². The van der Waals surface area contributed by atoms with Gasteiger partial charge in [-0.1, -0.05) is 121 Å². The average molecular weight is 731 g/mol. The second kappa shape index (κ2) is 13.4. The molecule has 6 aromatic carbocycles. The molecule has 4 aliphatic rings. The van der Waals surface area contributed by atoms with E-state index in [2.05, 4.69) is 182 Å². The van der Waals surface area contributed by atoms with Gasteiger partial charge in [0, 0.05) is 45.0 Å². The molecule has 0 aromatic heterocycles. The van der Waals surface area contributed by atoms with Gasteiger partial charge in [-0.05, 0) is 134 Å². The van der Waals surface area contributed by atoms with Crippen LogP contribution in [0.15, 0.2) is 145 Å². The van der Waals surface area contributed by atoms with Crippen LogP contribution in [-0.4, -0.2) is 8.07 Å². The number of aryl methyl sites for hydroxylation is 2. The summed E-state index contributed by atoms with van der Waals surface area (Å²) in [6.07, 6.45) is 12.2. The van der Waals surface area contributed by atoms with Crippen molar-refractivity contribution in [1.82, 2.24) is 0 Å². The van der Waals surface area contributed by atoms with E-state index < -0.39 is 8.07 Å². The maximum Gasteiger partial charge on any atom is 0.0722 e. The zero-order chi connectivity index (χ0) is 37.3. The van der Waals surface area contributed by atoms with Crippen LogP contribution in [0.3, 0.4) is 0 Å². The summed E-state index contributed by atoms with van der Waals surface area (Å²) in [5, 5.41) is 0. The van der Waals surface area contributed by atoms with Gasteiger partial charge in [-0.3, -0.25) is 0 Å². The molecular weight excluding hydrogens is 681 g/mol. The number of benzene rings is 6. The van der Waals surface area contributed by atoms with Gasteiger partial charge in [-0.15, -0.1) is 0 Å². The van der Waals surface area contributed by atoms with E-state index in [1.165, 1.54) is 69.2 Å². The molecule has 0 amide bonds. The minimum absolute atomic E-state index is 0.427.